The highest BCUT2D eigenvalue weighted by molar-refractivity contribution is 7.08. The van der Waals surface area contributed by atoms with E-state index in [1.165, 1.54) is 0 Å². The molecule has 0 aliphatic heterocycles. The lowest BCUT2D eigenvalue weighted by Crippen LogP contribution is -2.44. The second-order valence-electron chi connectivity index (χ2n) is 6.45. The second kappa shape index (κ2) is 7.49. The predicted molar refractivity (Wildman–Crippen MR) is 94.3 cm³/mol. The predicted octanol–water partition coefficient (Wildman–Crippen LogP) is 3.94. The molecule has 0 saturated carbocycles. The van der Waals surface area contributed by atoms with Crippen LogP contribution in [0.15, 0.2) is 41.1 Å². The molecule has 0 saturated heterocycles. The molecule has 0 bridgehead atoms. The van der Waals surface area contributed by atoms with Crippen LogP contribution in [0.5, 0.6) is 0 Å². The Hall–Kier alpha value is -2.34. The summed E-state index contributed by atoms with van der Waals surface area (Å²) in [6, 6.07) is 8.64. The summed E-state index contributed by atoms with van der Waals surface area (Å²) in [5, 5.41) is 15.8. The molecule has 2 aromatic rings. The van der Waals surface area contributed by atoms with Crippen molar-refractivity contribution in [3.8, 4) is 11.1 Å². The Kier molecular flexibility index (Phi) is 5.62. The van der Waals surface area contributed by atoms with Crippen molar-refractivity contribution in [2.24, 2.45) is 0 Å². The highest BCUT2D eigenvalue weighted by atomic mass is 32.1. The molecular weight excluding hydrogens is 326 g/mol. The number of rotatable bonds is 5. The van der Waals surface area contributed by atoms with Gasteiger partial charge in [0.25, 0.3) is 0 Å². The van der Waals surface area contributed by atoms with E-state index >= 15 is 0 Å². The number of nitrogens with one attached hydrogen (secondary N) is 1. The molecule has 1 unspecified atom stereocenters. The molecule has 2 N–H and O–H groups in total. The fourth-order valence-electron chi connectivity index (χ4n) is 2.15. The van der Waals surface area contributed by atoms with Crippen LogP contribution in [0.1, 0.15) is 26.3 Å². The Bertz CT molecular complexity index is 687. The van der Waals surface area contributed by atoms with Crippen LogP contribution >= 0.6 is 11.3 Å². The van der Waals surface area contributed by atoms with Gasteiger partial charge in [-0.05, 0) is 54.3 Å². The maximum Gasteiger partial charge on any atom is 0.408 e. The summed E-state index contributed by atoms with van der Waals surface area (Å²) < 4.78 is 5.11. The van der Waals surface area contributed by atoms with Gasteiger partial charge in [-0.25, -0.2) is 9.59 Å². The van der Waals surface area contributed by atoms with E-state index in [1.54, 1.807) is 32.1 Å². The summed E-state index contributed by atoms with van der Waals surface area (Å²) in [5.74, 6) is -1.09. The van der Waals surface area contributed by atoms with Gasteiger partial charge in [-0.15, -0.1) is 0 Å². The van der Waals surface area contributed by atoms with Crippen LogP contribution < -0.4 is 5.32 Å². The minimum Gasteiger partial charge on any atom is -0.480 e. The van der Waals surface area contributed by atoms with Crippen molar-refractivity contribution in [2.45, 2.75) is 38.8 Å². The van der Waals surface area contributed by atoms with E-state index in [0.29, 0.717) is 0 Å². The first-order valence-electron chi connectivity index (χ1n) is 7.58. The van der Waals surface area contributed by atoms with Crippen molar-refractivity contribution in [3.05, 3.63) is 46.7 Å². The Morgan fingerprint density at radius 3 is 2.33 bits per heavy atom. The van der Waals surface area contributed by atoms with Crippen LogP contribution in [0, 0.1) is 0 Å². The molecule has 5 nitrogen and oxygen atoms in total. The van der Waals surface area contributed by atoms with E-state index in [0.717, 1.165) is 16.7 Å². The molecule has 0 radical (unpaired) electrons. The molecule has 0 fully saturated rings. The van der Waals surface area contributed by atoms with Crippen molar-refractivity contribution in [2.75, 3.05) is 0 Å². The summed E-state index contributed by atoms with van der Waals surface area (Å²) >= 11 is 1.63. The average molecular weight is 347 g/mol. The quantitative estimate of drug-likeness (QED) is 0.859. The zero-order valence-electron chi connectivity index (χ0n) is 13.9. The minimum absolute atomic E-state index is 0.193. The van der Waals surface area contributed by atoms with Gasteiger partial charge in [0.1, 0.15) is 11.6 Å². The summed E-state index contributed by atoms with van der Waals surface area (Å²) in [5.41, 5.74) is 2.37. The molecule has 1 aromatic carbocycles. The van der Waals surface area contributed by atoms with Crippen molar-refractivity contribution >= 4 is 23.4 Å². The highest BCUT2D eigenvalue weighted by Crippen LogP contribution is 2.22. The van der Waals surface area contributed by atoms with Crippen molar-refractivity contribution in [3.63, 3.8) is 0 Å². The number of aliphatic carboxylic acids is 1. The molecule has 2 rings (SSSR count). The van der Waals surface area contributed by atoms with Gasteiger partial charge >= 0.3 is 12.1 Å². The summed E-state index contributed by atoms with van der Waals surface area (Å²) in [7, 11) is 0. The van der Waals surface area contributed by atoms with Gasteiger partial charge in [0.2, 0.25) is 0 Å². The van der Waals surface area contributed by atoms with Crippen molar-refractivity contribution < 1.29 is 19.4 Å². The minimum atomic E-state index is -1.09. The number of ether oxygens (including phenoxy) is 1. The number of hydrogen-bond acceptors (Lipinski definition) is 4. The van der Waals surface area contributed by atoms with E-state index in [1.807, 2.05) is 35.7 Å². The number of benzene rings is 1. The highest BCUT2D eigenvalue weighted by Gasteiger charge is 2.24. The lowest BCUT2D eigenvalue weighted by Gasteiger charge is -2.22. The van der Waals surface area contributed by atoms with E-state index in [-0.39, 0.29) is 6.42 Å². The molecule has 6 heteroatoms. The zero-order valence-corrected chi connectivity index (χ0v) is 14.7. The van der Waals surface area contributed by atoms with Crippen molar-refractivity contribution in [1.29, 1.82) is 0 Å². The molecule has 0 aliphatic rings. The number of hydrogen-bond donors (Lipinski definition) is 2. The monoisotopic (exact) mass is 347 g/mol. The van der Waals surface area contributed by atoms with Gasteiger partial charge in [0.15, 0.2) is 0 Å². The smallest absolute Gasteiger partial charge is 0.408 e. The standard InChI is InChI=1S/C18H21NO4S/c1-18(2,3)23-17(22)19-15(16(20)21)10-12-4-6-13(7-5-12)14-8-9-24-11-14/h4-9,11,15H,10H2,1-3H3,(H,19,22)(H,20,21). The molecule has 0 aliphatic carbocycles. The Morgan fingerprint density at radius 1 is 1.17 bits per heavy atom. The first-order valence-corrected chi connectivity index (χ1v) is 8.53. The van der Waals surface area contributed by atoms with Gasteiger partial charge in [0, 0.05) is 6.42 Å². The van der Waals surface area contributed by atoms with Gasteiger partial charge in [-0.2, -0.15) is 11.3 Å². The first-order chi connectivity index (χ1) is 11.2. The third-order valence-electron chi connectivity index (χ3n) is 3.24. The van der Waals surface area contributed by atoms with E-state index < -0.39 is 23.7 Å². The molecule has 0 spiro atoms. The second-order valence-corrected chi connectivity index (χ2v) is 7.23. The topological polar surface area (TPSA) is 75.6 Å². The summed E-state index contributed by atoms with van der Waals surface area (Å²) in [6.45, 7) is 5.18. The fraction of sp³-hybridized carbons (Fsp3) is 0.333. The third kappa shape index (κ3) is 5.38. The van der Waals surface area contributed by atoms with Crippen LogP contribution in [0.2, 0.25) is 0 Å². The average Bonchev–Trinajstić information content (AvgIpc) is 2.99. The lowest BCUT2D eigenvalue weighted by molar-refractivity contribution is -0.139. The molecule has 1 atom stereocenters. The van der Waals surface area contributed by atoms with Gasteiger partial charge in [-0.1, -0.05) is 24.3 Å². The van der Waals surface area contributed by atoms with Crippen LogP contribution in [0.3, 0.4) is 0 Å². The summed E-state index contributed by atoms with van der Waals surface area (Å²) in [4.78, 5) is 23.2. The number of carboxylic acids is 1. The van der Waals surface area contributed by atoms with Crippen LogP contribution in [-0.2, 0) is 16.0 Å². The van der Waals surface area contributed by atoms with E-state index in [2.05, 4.69) is 10.7 Å². The third-order valence-corrected chi connectivity index (χ3v) is 3.92. The Labute approximate surface area is 145 Å². The van der Waals surface area contributed by atoms with E-state index in [9.17, 15) is 14.7 Å². The molecule has 1 aromatic heterocycles. The largest absolute Gasteiger partial charge is 0.480 e. The van der Waals surface area contributed by atoms with Gasteiger partial charge in [0.05, 0.1) is 0 Å². The number of carbonyl (C=O) groups is 2. The molecular formula is C18H21NO4S. The van der Waals surface area contributed by atoms with Gasteiger partial charge in [-0.3, -0.25) is 0 Å². The Morgan fingerprint density at radius 2 is 1.83 bits per heavy atom. The number of carboxylic acid groups (broad SMARTS) is 1. The van der Waals surface area contributed by atoms with Crippen LogP contribution in [0.4, 0.5) is 4.79 Å². The maximum absolute atomic E-state index is 11.8. The SMILES string of the molecule is CC(C)(C)OC(=O)NC(Cc1ccc(-c2ccsc2)cc1)C(=O)O. The fourth-order valence-corrected chi connectivity index (χ4v) is 2.81. The number of amides is 1. The number of thiophene rings is 1. The summed E-state index contributed by atoms with van der Waals surface area (Å²) in [6.07, 6.45) is -0.539. The molecule has 1 heterocycles. The number of carbonyl (C=O) groups excluding carboxylic acids is 1. The first kappa shape index (κ1) is 18.0. The van der Waals surface area contributed by atoms with Crippen molar-refractivity contribution in [1.82, 2.24) is 5.32 Å². The van der Waals surface area contributed by atoms with Crippen LogP contribution in [0.25, 0.3) is 11.1 Å². The lowest BCUT2D eigenvalue weighted by atomic mass is 10.0. The van der Waals surface area contributed by atoms with Crippen LogP contribution in [-0.4, -0.2) is 28.8 Å². The molecule has 24 heavy (non-hydrogen) atoms. The van der Waals surface area contributed by atoms with Gasteiger partial charge < -0.3 is 15.2 Å². The maximum atomic E-state index is 11.8. The van der Waals surface area contributed by atoms with E-state index in [4.69, 9.17) is 4.74 Å². The molecule has 128 valence electrons. The Balaban J connectivity index is 2.02. The zero-order chi connectivity index (χ0) is 17.7. The number of alkyl carbamates (subject to hydrolysis) is 1. The normalized spacial score (nSPS) is 12.5. The molecule has 1 amide bonds.